The zero-order chi connectivity index (χ0) is 13.0. The van der Waals surface area contributed by atoms with Crippen LogP contribution in [0.15, 0.2) is 36.5 Å². The maximum absolute atomic E-state index is 11.2. The molecule has 0 unspecified atom stereocenters. The second-order valence-corrected chi connectivity index (χ2v) is 3.87. The molecule has 0 saturated heterocycles. The van der Waals surface area contributed by atoms with Crippen LogP contribution in [-0.4, -0.2) is 20.9 Å². The second kappa shape index (κ2) is 5.35. The summed E-state index contributed by atoms with van der Waals surface area (Å²) in [5.41, 5.74) is 1.85. The molecule has 0 amide bonds. The van der Waals surface area contributed by atoms with E-state index in [4.69, 9.17) is 5.11 Å². The summed E-state index contributed by atoms with van der Waals surface area (Å²) in [7, 11) is 0. The molecule has 18 heavy (non-hydrogen) atoms. The summed E-state index contributed by atoms with van der Waals surface area (Å²) >= 11 is 0. The minimum Gasteiger partial charge on any atom is -0.476 e. The zero-order valence-electron chi connectivity index (χ0n) is 10.1. The average molecular weight is 245 g/mol. The van der Waals surface area contributed by atoms with E-state index in [2.05, 4.69) is 10.4 Å². The van der Waals surface area contributed by atoms with E-state index in [-0.39, 0.29) is 5.69 Å². The Labute approximate surface area is 105 Å². The van der Waals surface area contributed by atoms with Crippen LogP contribution in [0.2, 0.25) is 0 Å². The van der Waals surface area contributed by atoms with Gasteiger partial charge in [-0.2, -0.15) is 5.10 Å². The number of carbonyl (C=O) groups is 1. The van der Waals surface area contributed by atoms with Crippen LogP contribution in [-0.2, 0) is 13.1 Å². The largest absolute Gasteiger partial charge is 0.476 e. The van der Waals surface area contributed by atoms with Crippen LogP contribution >= 0.6 is 0 Å². The molecule has 0 aliphatic heterocycles. The molecule has 5 heteroatoms. The summed E-state index contributed by atoms with van der Waals surface area (Å²) in [6, 6.07) is 9.81. The standard InChI is InChI=1S/C13H15N3O2/c1-2-16-12(13(17)18)11(9-15-16)14-8-10-6-4-3-5-7-10/h3-7,9,14H,2,8H2,1H3,(H,17,18). The van der Waals surface area contributed by atoms with Crippen molar-refractivity contribution in [1.29, 1.82) is 0 Å². The van der Waals surface area contributed by atoms with Crippen LogP contribution in [0.4, 0.5) is 5.69 Å². The summed E-state index contributed by atoms with van der Waals surface area (Å²) in [4.78, 5) is 11.2. The Balaban J connectivity index is 2.15. The number of nitrogens with zero attached hydrogens (tertiary/aromatic N) is 2. The van der Waals surface area contributed by atoms with Crippen molar-refractivity contribution in [1.82, 2.24) is 9.78 Å². The van der Waals surface area contributed by atoms with E-state index < -0.39 is 5.97 Å². The molecule has 1 aromatic heterocycles. The monoisotopic (exact) mass is 245 g/mol. The lowest BCUT2D eigenvalue weighted by molar-refractivity contribution is 0.0684. The number of nitrogens with one attached hydrogen (secondary N) is 1. The van der Waals surface area contributed by atoms with Gasteiger partial charge in [0.15, 0.2) is 5.69 Å². The van der Waals surface area contributed by atoms with E-state index in [0.717, 1.165) is 5.56 Å². The van der Waals surface area contributed by atoms with Gasteiger partial charge in [0.1, 0.15) is 0 Å². The molecule has 0 bridgehead atoms. The molecule has 1 heterocycles. The van der Waals surface area contributed by atoms with Crippen molar-refractivity contribution in [3.63, 3.8) is 0 Å². The fourth-order valence-electron chi connectivity index (χ4n) is 1.77. The quantitative estimate of drug-likeness (QED) is 0.847. The van der Waals surface area contributed by atoms with E-state index in [1.54, 1.807) is 6.20 Å². The Bertz CT molecular complexity index is 534. The third kappa shape index (κ3) is 2.51. The molecule has 2 aromatic rings. The van der Waals surface area contributed by atoms with Gasteiger partial charge in [-0.05, 0) is 12.5 Å². The molecular formula is C13H15N3O2. The van der Waals surface area contributed by atoms with Crippen LogP contribution < -0.4 is 5.32 Å². The minimum absolute atomic E-state index is 0.202. The predicted octanol–water partition coefficient (Wildman–Crippen LogP) is 2.21. The van der Waals surface area contributed by atoms with E-state index in [1.165, 1.54) is 4.68 Å². The molecule has 2 rings (SSSR count). The van der Waals surface area contributed by atoms with Crippen molar-refractivity contribution in [3.8, 4) is 0 Å². The van der Waals surface area contributed by atoms with Gasteiger partial charge in [0.05, 0.1) is 11.9 Å². The maximum atomic E-state index is 11.2. The van der Waals surface area contributed by atoms with Gasteiger partial charge in [-0.15, -0.1) is 0 Å². The van der Waals surface area contributed by atoms with Gasteiger partial charge in [-0.25, -0.2) is 4.79 Å². The number of aromatic carboxylic acids is 1. The second-order valence-electron chi connectivity index (χ2n) is 3.87. The van der Waals surface area contributed by atoms with Gasteiger partial charge in [-0.1, -0.05) is 30.3 Å². The van der Waals surface area contributed by atoms with Crippen molar-refractivity contribution in [2.75, 3.05) is 5.32 Å². The highest BCUT2D eigenvalue weighted by molar-refractivity contribution is 5.92. The molecule has 1 aromatic carbocycles. The Morgan fingerprint density at radius 3 is 2.72 bits per heavy atom. The summed E-state index contributed by atoms with van der Waals surface area (Å²) < 4.78 is 1.47. The molecule has 0 spiro atoms. The van der Waals surface area contributed by atoms with Gasteiger partial charge >= 0.3 is 5.97 Å². The van der Waals surface area contributed by atoms with Crippen LogP contribution in [0.25, 0.3) is 0 Å². The molecule has 2 N–H and O–H groups in total. The molecule has 0 aliphatic carbocycles. The Kier molecular flexibility index (Phi) is 3.62. The smallest absolute Gasteiger partial charge is 0.356 e. The first-order valence-corrected chi connectivity index (χ1v) is 5.79. The molecule has 0 aliphatic rings. The number of benzene rings is 1. The normalized spacial score (nSPS) is 10.3. The van der Waals surface area contributed by atoms with Crippen molar-refractivity contribution in [2.24, 2.45) is 0 Å². The summed E-state index contributed by atoms with van der Waals surface area (Å²) in [5, 5.41) is 16.3. The van der Waals surface area contributed by atoms with Crippen molar-refractivity contribution >= 4 is 11.7 Å². The lowest BCUT2D eigenvalue weighted by Crippen LogP contribution is -2.11. The Hall–Kier alpha value is -2.30. The van der Waals surface area contributed by atoms with E-state index >= 15 is 0 Å². The number of hydrogen-bond donors (Lipinski definition) is 2. The van der Waals surface area contributed by atoms with Gasteiger partial charge in [0.25, 0.3) is 0 Å². The minimum atomic E-state index is -0.968. The van der Waals surface area contributed by atoms with Crippen LogP contribution in [0, 0.1) is 0 Å². The summed E-state index contributed by atoms with van der Waals surface area (Å²) in [5.74, 6) is -0.968. The third-order valence-electron chi connectivity index (χ3n) is 2.67. The fourth-order valence-corrected chi connectivity index (χ4v) is 1.77. The number of aromatic nitrogens is 2. The van der Waals surface area contributed by atoms with Gasteiger partial charge < -0.3 is 10.4 Å². The molecule has 94 valence electrons. The van der Waals surface area contributed by atoms with Gasteiger partial charge in [-0.3, -0.25) is 4.68 Å². The highest BCUT2D eigenvalue weighted by Gasteiger charge is 2.16. The summed E-state index contributed by atoms with van der Waals surface area (Å²) in [6.07, 6.45) is 1.55. The highest BCUT2D eigenvalue weighted by atomic mass is 16.4. The number of anilines is 1. The predicted molar refractivity (Wildman–Crippen MR) is 68.6 cm³/mol. The molecule has 5 nitrogen and oxygen atoms in total. The van der Waals surface area contributed by atoms with Crippen molar-refractivity contribution in [2.45, 2.75) is 20.0 Å². The van der Waals surface area contributed by atoms with E-state index in [1.807, 2.05) is 37.3 Å². The Morgan fingerprint density at radius 2 is 2.11 bits per heavy atom. The van der Waals surface area contributed by atoms with Crippen LogP contribution in [0.3, 0.4) is 0 Å². The number of carboxylic acid groups (broad SMARTS) is 1. The molecule has 0 fully saturated rings. The van der Waals surface area contributed by atoms with E-state index in [0.29, 0.717) is 18.8 Å². The highest BCUT2D eigenvalue weighted by Crippen LogP contribution is 2.16. The molecule has 0 radical (unpaired) electrons. The lowest BCUT2D eigenvalue weighted by atomic mass is 10.2. The molecule has 0 atom stereocenters. The van der Waals surface area contributed by atoms with Crippen LogP contribution in [0.1, 0.15) is 23.0 Å². The first-order chi connectivity index (χ1) is 8.72. The average Bonchev–Trinajstić information content (AvgIpc) is 2.80. The van der Waals surface area contributed by atoms with Crippen molar-refractivity contribution in [3.05, 3.63) is 47.8 Å². The number of aryl methyl sites for hydroxylation is 1. The van der Waals surface area contributed by atoms with Gasteiger partial charge in [0, 0.05) is 13.1 Å². The maximum Gasteiger partial charge on any atom is 0.356 e. The summed E-state index contributed by atoms with van der Waals surface area (Å²) in [6.45, 7) is 2.98. The molecule has 0 saturated carbocycles. The number of rotatable bonds is 5. The topological polar surface area (TPSA) is 67.2 Å². The van der Waals surface area contributed by atoms with Crippen molar-refractivity contribution < 1.29 is 9.90 Å². The van der Waals surface area contributed by atoms with Gasteiger partial charge in [0.2, 0.25) is 0 Å². The SMILES string of the molecule is CCn1ncc(NCc2ccccc2)c1C(=O)O. The molecular weight excluding hydrogens is 230 g/mol. The first-order valence-electron chi connectivity index (χ1n) is 5.79. The van der Waals surface area contributed by atoms with E-state index in [9.17, 15) is 4.79 Å². The number of carboxylic acids is 1. The lowest BCUT2D eigenvalue weighted by Gasteiger charge is -2.06. The fraction of sp³-hybridized carbons (Fsp3) is 0.231. The number of hydrogen-bond acceptors (Lipinski definition) is 3. The zero-order valence-corrected chi connectivity index (χ0v) is 10.1. The first kappa shape index (κ1) is 12.2. The van der Waals surface area contributed by atoms with Crippen LogP contribution in [0.5, 0.6) is 0 Å². The third-order valence-corrected chi connectivity index (χ3v) is 2.67. The Morgan fingerprint density at radius 1 is 1.39 bits per heavy atom.